The van der Waals surface area contributed by atoms with Gasteiger partial charge in [0.05, 0.1) is 6.61 Å². The lowest BCUT2D eigenvalue weighted by atomic mass is 10.1. The van der Waals surface area contributed by atoms with Crippen molar-refractivity contribution in [2.75, 3.05) is 13.7 Å². The highest BCUT2D eigenvalue weighted by Crippen LogP contribution is 2.25. The Bertz CT molecular complexity index is 348. The fraction of sp³-hybridized carbons (Fsp3) is 0.625. The first-order valence-electron chi connectivity index (χ1n) is 6.92. The van der Waals surface area contributed by atoms with Crippen molar-refractivity contribution >= 4 is 0 Å². The van der Waals surface area contributed by atoms with Crippen LogP contribution in [0.4, 0.5) is 0 Å². The Kier molecular flexibility index (Phi) is 6.20. The van der Waals surface area contributed by atoms with Gasteiger partial charge in [-0.05, 0) is 56.3 Å². The van der Waals surface area contributed by atoms with E-state index in [1.807, 2.05) is 7.05 Å². The van der Waals surface area contributed by atoms with Gasteiger partial charge < -0.3 is 10.1 Å². The lowest BCUT2D eigenvalue weighted by Gasteiger charge is -2.14. The molecule has 0 spiro atoms. The van der Waals surface area contributed by atoms with Crippen molar-refractivity contribution in [1.29, 1.82) is 0 Å². The number of ether oxygens (including phenoxy) is 1. The van der Waals surface area contributed by atoms with Crippen molar-refractivity contribution in [2.45, 2.75) is 47.1 Å². The standard InChI is InChI=1S/C16H27NO/c1-12(2)7-6-8-18-16-13(3)9-15(11-17-5)10-14(16)4/h9-10,12,17H,6-8,11H2,1-5H3. The molecule has 102 valence electrons. The third-order valence-corrected chi connectivity index (χ3v) is 3.07. The number of benzene rings is 1. The summed E-state index contributed by atoms with van der Waals surface area (Å²) in [5, 5.41) is 3.18. The van der Waals surface area contributed by atoms with Gasteiger partial charge in [-0.15, -0.1) is 0 Å². The number of hydrogen-bond donors (Lipinski definition) is 1. The predicted octanol–water partition coefficient (Wildman–Crippen LogP) is 3.84. The zero-order valence-electron chi connectivity index (χ0n) is 12.5. The van der Waals surface area contributed by atoms with Crippen molar-refractivity contribution in [1.82, 2.24) is 5.32 Å². The van der Waals surface area contributed by atoms with Crippen LogP contribution in [0, 0.1) is 19.8 Å². The molecule has 2 nitrogen and oxygen atoms in total. The molecule has 1 rings (SSSR count). The minimum Gasteiger partial charge on any atom is -0.493 e. The summed E-state index contributed by atoms with van der Waals surface area (Å²) in [5.41, 5.74) is 3.80. The van der Waals surface area contributed by atoms with E-state index in [1.165, 1.54) is 23.1 Å². The second-order valence-corrected chi connectivity index (χ2v) is 5.47. The van der Waals surface area contributed by atoms with Crippen LogP contribution in [0.1, 0.15) is 43.4 Å². The van der Waals surface area contributed by atoms with Crippen molar-refractivity contribution in [3.63, 3.8) is 0 Å². The largest absolute Gasteiger partial charge is 0.493 e. The molecule has 18 heavy (non-hydrogen) atoms. The van der Waals surface area contributed by atoms with Crippen LogP contribution >= 0.6 is 0 Å². The Morgan fingerprint density at radius 3 is 2.28 bits per heavy atom. The smallest absolute Gasteiger partial charge is 0.125 e. The zero-order valence-corrected chi connectivity index (χ0v) is 12.5. The molecule has 0 radical (unpaired) electrons. The molecule has 1 aromatic carbocycles. The number of aryl methyl sites for hydroxylation is 2. The molecule has 1 aromatic rings. The van der Waals surface area contributed by atoms with E-state index < -0.39 is 0 Å². The van der Waals surface area contributed by atoms with E-state index in [0.717, 1.165) is 31.2 Å². The lowest BCUT2D eigenvalue weighted by molar-refractivity contribution is 0.294. The van der Waals surface area contributed by atoms with E-state index in [-0.39, 0.29) is 0 Å². The monoisotopic (exact) mass is 249 g/mol. The summed E-state index contributed by atoms with van der Waals surface area (Å²) >= 11 is 0. The van der Waals surface area contributed by atoms with Crippen LogP contribution in [0.5, 0.6) is 5.75 Å². The Morgan fingerprint density at radius 1 is 1.17 bits per heavy atom. The minimum absolute atomic E-state index is 0.758. The maximum absolute atomic E-state index is 5.93. The average Bonchev–Trinajstić information content (AvgIpc) is 2.27. The molecule has 0 saturated heterocycles. The Labute approximate surface area is 112 Å². The topological polar surface area (TPSA) is 21.3 Å². The third-order valence-electron chi connectivity index (χ3n) is 3.07. The summed E-state index contributed by atoms with van der Waals surface area (Å²) in [6.07, 6.45) is 2.37. The Balaban J connectivity index is 2.60. The maximum atomic E-state index is 5.93. The molecule has 0 saturated carbocycles. The molecule has 0 atom stereocenters. The first kappa shape index (κ1) is 15.0. The predicted molar refractivity (Wildman–Crippen MR) is 78.2 cm³/mol. The second-order valence-electron chi connectivity index (χ2n) is 5.47. The van der Waals surface area contributed by atoms with Crippen molar-refractivity contribution in [3.8, 4) is 5.75 Å². The average molecular weight is 249 g/mol. The fourth-order valence-corrected chi connectivity index (χ4v) is 2.24. The molecule has 0 unspecified atom stereocenters. The van der Waals surface area contributed by atoms with E-state index in [0.29, 0.717) is 0 Å². The molecule has 0 heterocycles. The number of rotatable bonds is 7. The molecule has 0 aliphatic carbocycles. The molecule has 0 aliphatic heterocycles. The molecular weight excluding hydrogens is 222 g/mol. The summed E-state index contributed by atoms with van der Waals surface area (Å²) in [6.45, 7) is 10.5. The number of nitrogens with one attached hydrogen (secondary N) is 1. The molecule has 0 bridgehead atoms. The van der Waals surface area contributed by atoms with Gasteiger partial charge >= 0.3 is 0 Å². The Morgan fingerprint density at radius 2 is 1.78 bits per heavy atom. The highest BCUT2D eigenvalue weighted by atomic mass is 16.5. The van der Waals surface area contributed by atoms with Gasteiger partial charge in [-0.25, -0.2) is 0 Å². The van der Waals surface area contributed by atoms with E-state index in [4.69, 9.17) is 4.74 Å². The van der Waals surface area contributed by atoms with Crippen LogP contribution in [0.25, 0.3) is 0 Å². The lowest BCUT2D eigenvalue weighted by Crippen LogP contribution is -2.07. The SMILES string of the molecule is CNCc1cc(C)c(OCCCC(C)C)c(C)c1. The van der Waals surface area contributed by atoms with Crippen molar-refractivity contribution in [2.24, 2.45) is 5.92 Å². The van der Waals surface area contributed by atoms with Gasteiger partial charge in [-0.1, -0.05) is 26.0 Å². The van der Waals surface area contributed by atoms with Gasteiger partial charge in [-0.2, -0.15) is 0 Å². The molecule has 1 N–H and O–H groups in total. The summed E-state index contributed by atoms with van der Waals surface area (Å²) in [4.78, 5) is 0. The van der Waals surface area contributed by atoms with Crippen LogP contribution in [-0.2, 0) is 6.54 Å². The van der Waals surface area contributed by atoms with Crippen LogP contribution in [0.3, 0.4) is 0 Å². The summed E-state index contributed by atoms with van der Waals surface area (Å²) in [7, 11) is 1.97. The summed E-state index contributed by atoms with van der Waals surface area (Å²) in [5.74, 6) is 1.83. The molecule has 0 amide bonds. The van der Waals surface area contributed by atoms with Crippen LogP contribution in [0.15, 0.2) is 12.1 Å². The van der Waals surface area contributed by atoms with Gasteiger partial charge in [0.15, 0.2) is 0 Å². The normalized spacial score (nSPS) is 11.0. The maximum Gasteiger partial charge on any atom is 0.125 e. The third kappa shape index (κ3) is 4.69. The summed E-state index contributed by atoms with van der Waals surface area (Å²) in [6, 6.07) is 4.42. The summed E-state index contributed by atoms with van der Waals surface area (Å²) < 4.78 is 5.93. The van der Waals surface area contributed by atoms with E-state index in [9.17, 15) is 0 Å². The first-order chi connectivity index (χ1) is 8.54. The first-order valence-corrected chi connectivity index (χ1v) is 6.92. The van der Waals surface area contributed by atoms with Crippen LogP contribution in [0.2, 0.25) is 0 Å². The van der Waals surface area contributed by atoms with Gasteiger partial charge in [0, 0.05) is 6.54 Å². The van der Waals surface area contributed by atoms with Crippen LogP contribution in [-0.4, -0.2) is 13.7 Å². The van der Waals surface area contributed by atoms with E-state index in [1.54, 1.807) is 0 Å². The molecular formula is C16H27NO. The fourth-order valence-electron chi connectivity index (χ4n) is 2.24. The number of hydrogen-bond acceptors (Lipinski definition) is 2. The molecule has 0 fully saturated rings. The highest BCUT2D eigenvalue weighted by Gasteiger charge is 2.06. The van der Waals surface area contributed by atoms with Gasteiger partial charge in [0.2, 0.25) is 0 Å². The van der Waals surface area contributed by atoms with Crippen LogP contribution < -0.4 is 10.1 Å². The molecule has 0 aromatic heterocycles. The van der Waals surface area contributed by atoms with E-state index >= 15 is 0 Å². The zero-order chi connectivity index (χ0) is 13.5. The molecule has 0 aliphatic rings. The quantitative estimate of drug-likeness (QED) is 0.741. The highest BCUT2D eigenvalue weighted by molar-refractivity contribution is 5.43. The van der Waals surface area contributed by atoms with Gasteiger partial charge in [-0.3, -0.25) is 0 Å². The Hall–Kier alpha value is -1.02. The van der Waals surface area contributed by atoms with Gasteiger partial charge in [0.25, 0.3) is 0 Å². The van der Waals surface area contributed by atoms with E-state index in [2.05, 4.69) is 45.1 Å². The molecule has 2 heteroatoms. The minimum atomic E-state index is 0.758. The van der Waals surface area contributed by atoms with Crippen molar-refractivity contribution in [3.05, 3.63) is 28.8 Å². The van der Waals surface area contributed by atoms with Gasteiger partial charge in [0.1, 0.15) is 5.75 Å². The second kappa shape index (κ2) is 7.42. The van der Waals surface area contributed by atoms with Crippen molar-refractivity contribution < 1.29 is 4.74 Å².